The van der Waals surface area contributed by atoms with Crippen LogP contribution < -0.4 is 16.4 Å². The van der Waals surface area contributed by atoms with E-state index in [9.17, 15) is 19.5 Å². The Kier molecular flexibility index (Phi) is 11.4. The number of carboxylic acid groups (broad SMARTS) is 1. The number of carbonyl (C=O) groups excluding carboxylic acids is 2. The summed E-state index contributed by atoms with van der Waals surface area (Å²) in [5.74, 6) is -1.43. The topological polar surface area (TPSA) is 134 Å². The average Bonchev–Trinajstić information content (AvgIpc) is 3.52. The van der Waals surface area contributed by atoms with Crippen LogP contribution in [0.25, 0.3) is 22.3 Å². The zero-order valence-corrected chi connectivity index (χ0v) is 33.0. The number of hydrogen-bond acceptors (Lipinski definition) is 6. The molecule has 0 saturated heterocycles. The fraction of sp³-hybridized carbons (Fsp3) is 0.176. The maximum absolute atomic E-state index is 14.4. The molecule has 3 aliphatic rings. The summed E-state index contributed by atoms with van der Waals surface area (Å²) in [7, 11) is 0. The van der Waals surface area contributed by atoms with Crippen LogP contribution in [0.4, 0.5) is 17.1 Å². The highest BCUT2D eigenvalue weighted by molar-refractivity contribution is 6.09. The van der Waals surface area contributed by atoms with Gasteiger partial charge in [-0.3, -0.25) is 19.4 Å². The van der Waals surface area contributed by atoms with Crippen molar-refractivity contribution in [2.45, 2.75) is 57.4 Å². The molecule has 6 aromatic carbocycles. The fourth-order valence-electron chi connectivity index (χ4n) is 8.72. The molecule has 2 aliphatic carbocycles. The van der Waals surface area contributed by atoms with E-state index >= 15 is 0 Å². The highest BCUT2D eigenvalue weighted by Gasteiger charge is 2.36. The number of amides is 1. The monoisotopic (exact) mass is 778 g/mol. The quantitative estimate of drug-likeness (QED) is 0.114. The van der Waals surface area contributed by atoms with Crippen LogP contribution in [0.2, 0.25) is 0 Å². The second kappa shape index (κ2) is 17.3. The fourth-order valence-corrected chi connectivity index (χ4v) is 8.72. The van der Waals surface area contributed by atoms with Crippen LogP contribution in [0, 0.1) is 6.92 Å². The van der Waals surface area contributed by atoms with E-state index in [4.69, 9.17) is 5.73 Å². The van der Waals surface area contributed by atoms with Crippen LogP contribution in [-0.2, 0) is 24.2 Å². The van der Waals surface area contributed by atoms with Crippen LogP contribution in [0.1, 0.15) is 85.2 Å². The first-order valence-corrected chi connectivity index (χ1v) is 20.1. The van der Waals surface area contributed by atoms with Gasteiger partial charge in [0.1, 0.15) is 0 Å². The van der Waals surface area contributed by atoms with Crippen molar-refractivity contribution in [1.29, 1.82) is 0 Å². The van der Waals surface area contributed by atoms with Gasteiger partial charge in [0.2, 0.25) is 0 Å². The van der Waals surface area contributed by atoms with Crippen molar-refractivity contribution < 1.29 is 19.5 Å². The minimum atomic E-state index is -0.795. The smallest absolute Gasteiger partial charge is 0.303 e. The van der Waals surface area contributed by atoms with Gasteiger partial charge >= 0.3 is 5.97 Å². The van der Waals surface area contributed by atoms with Gasteiger partial charge in [-0.15, -0.1) is 0 Å². The number of aliphatic carboxylic acids is 1. The van der Waals surface area contributed by atoms with Gasteiger partial charge in [-0.2, -0.15) is 0 Å². The molecule has 0 fully saturated rings. The number of nitrogens with zero attached hydrogens (tertiary/aromatic N) is 1. The zero-order chi connectivity index (χ0) is 40.9. The van der Waals surface area contributed by atoms with Crippen LogP contribution in [-0.4, -0.2) is 29.0 Å². The standard InChI is InChI=1S/C42H38N2O4.C9H8N2/c1-25-6-4-10-33-35-21-20-32-29(22-39(45)46)7-5-11-34(32)40(35)38(23-37(25)33)41(47)28-16-18-30(19-17-28)44-42(48)36-9-3-2-8-31(36)27-14-12-26(24-43)13-15-27;1-2-5-9-8(4-1)10-6-3-7-11-9/h2-4,6,8-10,12-21,29,38H,5,7,11,22-24,43H2,1H3,(H,44,48)(H,45,46);1-7,10H. The average molecular weight is 779 g/mol. The predicted molar refractivity (Wildman–Crippen MR) is 237 cm³/mol. The summed E-state index contributed by atoms with van der Waals surface area (Å²) >= 11 is 0. The van der Waals surface area contributed by atoms with E-state index in [0.717, 1.165) is 80.7 Å². The van der Waals surface area contributed by atoms with Crippen molar-refractivity contribution in [3.63, 3.8) is 0 Å². The van der Waals surface area contributed by atoms with Gasteiger partial charge in [0, 0.05) is 35.8 Å². The normalized spacial score (nSPS) is 15.8. The maximum Gasteiger partial charge on any atom is 0.303 e. The molecular weight excluding hydrogens is 733 g/mol. The summed E-state index contributed by atoms with van der Waals surface area (Å²) in [6.07, 6.45) is 8.79. The Hall–Kier alpha value is -6.90. The van der Waals surface area contributed by atoms with E-state index in [0.29, 0.717) is 29.8 Å². The molecule has 0 spiro atoms. The number of rotatable bonds is 8. The molecule has 8 nitrogen and oxygen atoms in total. The Morgan fingerprint density at radius 2 is 1.58 bits per heavy atom. The van der Waals surface area contributed by atoms with Crippen molar-refractivity contribution in [3.05, 3.63) is 184 Å². The molecule has 0 bridgehead atoms. The second-order valence-corrected chi connectivity index (χ2v) is 15.3. The molecule has 1 aliphatic heterocycles. The van der Waals surface area contributed by atoms with E-state index in [1.54, 1.807) is 30.5 Å². The van der Waals surface area contributed by atoms with Gasteiger partial charge in [0.15, 0.2) is 5.78 Å². The lowest BCUT2D eigenvalue weighted by Gasteiger charge is -2.35. The summed E-state index contributed by atoms with van der Waals surface area (Å²) in [5, 5.41) is 15.8. The van der Waals surface area contributed by atoms with Gasteiger partial charge in [-0.25, -0.2) is 0 Å². The number of allylic oxidation sites excluding steroid dienone is 1. The number of benzene rings is 6. The van der Waals surface area contributed by atoms with Crippen LogP contribution in [0.3, 0.4) is 0 Å². The Morgan fingerprint density at radius 3 is 2.37 bits per heavy atom. The van der Waals surface area contributed by atoms with Crippen LogP contribution in [0.5, 0.6) is 0 Å². The Balaban J connectivity index is 0.000000378. The number of ketones is 1. The van der Waals surface area contributed by atoms with Gasteiger partial charge < -0.3 is 21.5 Å². The molecule has 0 saturated carbocycles. The first kappa shape index (κ1) is 38.9. The van der Waals surface area contributed by atoms with E-state index in [1.807, 2.05) is 85.1 Å². The van der Waals surface area contributed by atoms with Gasteiger partial charge in [0.25, 0.3) is 5.91 Å². The molecule has 0 aromatic heterocycles. The van der Waals surface area contributed by atoms with Crippen molar-refractivity contribution in [2.75, 3.05) is 10.6 Å². The lowest BCUT2D eigenvalue weighted by atomic mass is 9.68. The third-order valence-corrected chi connectivity index (χ3v) is 11.6. The molecule has 2 unspecified atom stereocenters. The predicted octanol–water partition coefficient (Wildman–Crippen LogP) is 10.8. The number of nitrogens with two attached hydrogens (primary N) is 1. The van der Waals surface area contributed by atoms with Gasteiger partial charge in [0.05, 0.1) is 23.7 Å². The second-order valence-electron chi connectivity index (χ2n) is 15.3. The Morgan fingerprint density at radius 1 is 0.814 bits per heavy atom. The van der Waals surface area contributed by atoms with Crippen LogP contribution in [0.15, 0.2) is 145 Å². The van der Waals surface area contributed by atoms with E-state index < -0.39 is 5.97 Å². The van der Waals surface area contributed by atoms with Crippen molar-refractivity contribution >= 4 is 40.9 Å². The molecule has 2 atom stereocenters. The molecule has 1 amide bonds. The number of Topliss-reactive ketones (excluding diaryl/α,β-unsaturated/α-hetero) is 1. The first-order valence-electron chi connectivity index (χ1n) is 20.1. The van der Waals surface area contributed by atoms with Crippen LogP contribution >= 0.6 is 0 Å². The molecule has 1 heterocycles. The number of fused-ring (bicyclic) bond motifs is 6. The van der Waals surface area contributed by atoms with Gasteiger partial charge in [-0.1, -0.05) is 84.9 Å². The molecule has 6 aromatic rings. The summed E-state index contributed by atoms with van der Waals surface area (Å²) in [6.45, 7) is 2.55. The molecule has 294 valence electrons. The summed E-state index contributed by atoms with van der Waals surface area (Å²) < 4.78 is 0. The number of carbonyl (C=O) groups is 3. The Bertz CT molecular complexity index is 2610. The summed E-state index contributed by atoms with van der Waals surface area (Å²) in [4.78, 5) is 43.9. The largest absolute Gasteiger partial charge is 0.481 e. The minimum absolute atomic E-state index is 0.0306. The lowest BCUT2D eigenvalue weighted by molar-refractivity contribution is -0.137. The molecule has 59 heavy (non-hydrogen) atoms. The number of anilines is 2. The molecule has 0 radical (unpaired) electrons. The van der Waals surface area contributed by atoms with E-state index in [1.165, 1.54) is 5.56 Å². The van der Waals surface area contributed by atoms with E-state index in [2.05, 4.69) is 52.9 Å². The SMILES string of the molecule is C1=CNc2ccccc2N=C1.Cc1cccc2c1CC(C(=O)c1ccc(NC(=O)c3ccccc3-c3ccc(CN)cc3)cc1)c1c-2ccc2c1CCCC2CC(=O)O. The molecule has 8 heteroatoms. The number of aryl methyl sites for hydroxylation is 1. The summed E-state index contributed by atoms with van der Waals surface area (Å²) in [5.41, 5.74) is 20.2. The zero-order valence-electron chi connectivity index (χ0n) is 33.0. The maximum atomic E-state index is 14.4. The highest BCUT2D eigenvalue weighted by atomic mass is 16.4. The third kappa shape index (κ3) is 8.26. The van der Waals surface area contributed by atoms with Gasteiger partial charge in [-0.05, 0) is 143 Å². The van der Waals surface area contributed by atoms with Crippen molar-refractivity contribution in [1.82, 2.24) is 0 Å². The minimum Gasteiger partial charge on any atom is -0.481 e. The number of aliphatic imine (C=N–C) groups is 1. The Labute approximate surface area is 344 Å². The molecule has 5 N–H and O–H groups in total. The number of para-hydroxylation sites is 2. The first-order chi connectivity index (χ1) is 28.8. The number of carboxylic acids is 1. The van der Waals surface area contributed by atoms with Crippen molar-refractivity contribution in [2.24, 2.45) is 10.7 Å². The number of hydrogen-bond donors (Lipinski definition) is 4. The third-order valence-electron chi connectivity index (χ3n) is 11.6. The summed E-state index contributed by atoms with van der Waals surface area (Å²) in [6, 6.07) is 41.0. The number of nitrogens with one attached hydrogen (secondary N) is 2. The molecular formula is C51H46N4O4. The molecule has 9 rings (SSSR count). The van der Waals surface area contributed by atoms with E-state index in [-0.39, 0.29) is 29.9 Å². The lowest BCUT2D eigenvalue weighted by Crippen LogP contribution is -2.25. The van der Waals surface area contributed by atoms with Crippen molar-refractivity contribution in [3.8, 4) is 22.3 Å². The highest BCUT2D eigenvalue weighted by Crippen LogP contribution is 2.48.